The number of rotatable bonds is 7. The van der Waals surface area contributed by atoms with Crippen LogP contribution in [-0.4, -0.2) is 34.7 Å². The van der Waals surface area contributed by atoms with Gasteiger partial charge in [-0.25, -0.2) is 9.18 Å². The molecule has 0 fully saturated rings. The molecule has 9 heteroatoms. The van der Waals surface area contributed by atoms with Gasteiger partial charge >= 0.3 is 5.97 Å². The van der Waals surface area contributed by atoms with Gasteiger partial charge in [0, 0.05) is 25.4 Å². The average Bonchev–Trinajstić information content (AvgIpc) is 3.13. The van der Waals surface area contributed by atoms with Crippen molar-refractivity contribution in [2.75, 3.05) is 12.4 Å². The molecule has 8 nitrogen and oxygen atoms in total. The summed E-state index contributed by atoms with van der Waals surface area (Å²) in [7, 11) is 2.91. The highest BCUT2D eigenvalue weighted by atomic mass is 19.1. The minimum Gasteiger partial charge on any atom is -0.465 e. The molecule has 1 aromatic heterocycles. The Morgan fingerprint density at radius 3 is 2.61 bits per heavy atom. The Balaban J connectivity index is 1.74. The molecule has 0 saturated heterocycles. The third-order valence-corrected chi connectivity index (χ3v) is 4.65. The SMILES string of the molecule is COC(=O)c1cc(CNC(=O)C=Cc2cccc(F)c2)cc(NC(=O)c2cc(C)nn2C)c1. The zero-order chi connectivity index (χ0) is 24.0. The quantitative estimate of drug-likeness (QED) is 0.425. The van der Waals surface area contributed by atoms with E-state index >= 15 is 0 Å². The van der Waals surface area contributed by atoms with Crippen molar-refractivity contribution in [3.63, 3.8) is 0 Å². The normalized spacial score (nSPS) is 10.8. The molecule has 2 N–H and O–H groups in total. The van der Waals surface area contributed by atoms with Crippen LogP contribution in [0.5, 0.6) is 0 Å². The van der Waals surface area contributed by atoms with Gasteiger partial charge in [-0.3, -0.25) is 14.3 Å². The summed E-state index contributed by atoms with van der Waals surface area (Å²) in [5, 5.41) is 9.59. The summed E-state index contributed by atoms with van der Waals surface area (Å²) in [4.78, 5) is 36.9. The number of halogens is 1. The summed E-state index contributed by atoms with van der Waals surface area (Å²) in [5.74, 6) is -1.78. The lowest BCUT2D eigenvalue weighted by Gasteiger charge is -2.11. The molecule has 170 valence electrons. The molecule has 0 aliphatic rings. The van der Waals surface area contributed by atoms with E-state index in [0.29, 0.717) is 28.2 Å². The minimum atomic E-state index is -0.582. The highest BCUT2D eigenvalue weighted by Gasteiger charge is 2.15. The smallest absolute Gasteiger partial charge is 0.337 e. The monoisotopic (exact) mass is 450 g/mol. The number of anilines is 1. The van der Waals surface area contributed by atoms with Gasteiger partial charge in [0.1, 0.15) is 11.5 Å². The van der Waals surface area contributed by atoms with Crippen LogP contribution < -0.4 is 10.6 Å². The fourth-order valence-corrected chi connectivity index (χ4v) is 3.15. The second-order valence-electron chi connectivity index (χ2n) is 7.27. The molecule has 0 aliphatic heterocycles. The van der Waals surface area contributed by atoms with Gasteiger partial charge in [-0.2, -0.15) is 5.10 Å². The minimum absolute atomic E-state index is 0.0881. The van der Waals surface area contributed by atoms with Gasteiger partial charge < -0.3 is 15.4 Å². The molecule has 0 saturated carbocycles. The van der Waals surface area contributed by atoms with Crippen molar-refractivity contribution in [3.05, 3.63) is 88.5 Å². The predicted octanol–water partition coefficient (Wildman–Crippen LogP) is 3.24. The maximum atomic E-state index is 13.2. The van der Waals surface area contributed by atoms with E-state index in [1.807, 2.05) is 0 Å². The fourth-order valence-electron chi connectivity index (χ4n) is 3.15. The van der Waals surface area contributed by atoms with Gasteiger partial charge in [-0.05, 0) is 60.5 Å². The number of hydrogen-bond acceptors (Lipinski definition) is 5. The number of nitrogens with zero attached hydrogens (tertiary/aromatic N) is 2. The first kappa shape index (κ1) is 23.4. The second kappa shape index (κ2) is 10.4. The van der Waals surface area contributed by atoms with Crippen molar-refractivity contribution >= 4 is 29.5 Å². The van der Waals surface area contributed by atoms with Gasteiger partial charge in [-0.15, -0.1) is 0 Å². The Morgan fingerprint density at radius 1 is 1.15 bits per heavy atom. The van der Waals surface area contributed by atoms with Crippen molar-refractivity contribution in [1.29, 1.82) is 0 Å². The summed E-state index contributed by atoms with van der Waals surface area (Å²) in [6.07, 6.45) is 2.77. The molecular formula is C24H23FN4O4. The highest BCUT2D eigenvalue weighted by molar-refractivity contribution is 6.04. The topological polar surface area (TPSA) is 102 Å². The highest BCUT2D eigenvalue weighted by Crippen LogP contribution is 2.18. The van der Waals surface area contributed by atoms with Crippen LogP contribution in [0, 0.1) is 12.7 Å². The van der Waals surface area contributed by atoms with Crippen molar-refractivity contribution in [2.24, 2.45) is 7.05 Å². The van der Waals surface area contributed by atoms with Gasteiger partial charge in [0.15, 0.2) is 0 Å². The number of aryl methyl sites for hydroxylation is 2. The van der Waals surface area contributed by atoms with Crippen LogP contribution in [0.2, 0.25) is 0 Å². The van der Waals surface area contributed by atoms with E-state index in [0.717, 1.165) is 0 Å². The number of methoxy groups -OCH3 is 1. The molecule has 0 atom stereocenters. The van der Waals surface area contributed by atoms with Crippen LogP contribution >= 0.6 is 0 Å². The molecule has 0 radical (unpaired) electrons. The number of esters is 1. The van der Waals surface area contributed by atoms with Crippen LogP contribution in [0.15, 0.2) is 54.6 Å². The molecule has 0 bridgehead atoms. The van der Waals surface area contributed by atoms with Crippen LogP contribution in [0.1, 0.15) is 37.7 Å². The molecule has 2 amide bonds. The van der Waals surface area contributed by atoms with E-state index in [1.165, 1.54) is 42.1 Å². The summed E-state index contributed by atoms with van der Waals surface area (Å²) in [5.41, 5.74) is 2.75. The van der Waals surface area contributed by atoms with Gasteiger partial charge in [0.2, 0.25) is 5.91 Å². The molecule has 3 aromatic rings. The summed E-state index contributed by atoms with van der Waals surface area (Å²) >= 11 is 0. The fraction of sp³-hybridized carbons (Fsp3) is 0.167. The molecule has 2 aromatic carbocycles. The number of ether oxygens (including phenoxy) is 1. The van der Waals surface area contributed by atoms with Crippen LogP contribution in [-0.2, 0) is 23.1 Å². The van der Waals surface area contributed by atoms with Crippen LogP contribution in [0.25, 0.3) is 6.08 Å². The Hall–Kier alpha value is -4.27. The van der Waals surface area contributed by atoms with E-state index < -0.39 is 23.6 Å². The van der Waals surface area contributed by atoms with Gasteiger partial charge in [0.25, 0.3) is 5.91 Å². The zero-order valence-corrected chi connectivity index (χ0v) is 18.4. The first-order valence-electron chi connectivity index (χ1n) is 10.0. The number of hydrogen-bond donors (Lipinski definition) is 2. The zero-order valence-electron chi connectivity index (χ0n) is 18.4. The van der Waals surface area contributed by atoms with E-state index in [-0.39, 0.29) is 12.1 Å². The van der Waals surface area contributed by atoms with E-state index in [4.69, 9.17) is 4.74 Å². The lowest BCUT2D eigenvalue weighted by atomic mass is 10.1. The molecule has 0 aliphatic carbocycles. The standard InChI is InChI=1S/C24H23FN4O4/c1-15-9-21(29(2)28-15)23(31)27-20-12-17(10-18(13-20)24(32)33-3)14-26-22(30)8-7-16-5-4-6-19(25)11-16/h4-13H,14H2,1-3H3,(H,26,30)(H,27,31). The van der Waals surface area contributed by atoms with Crippen LogP contribution in [0.3, 0.4) is 0 Å². The molecule has 1 heterocycles. The predicted molar refractivity (Wildman–Crippen MR) is 121 cm³/mol. The van der Waals surface area contributed by atoms with E-state index in [9.17, 15) is 18.8 Å². The Kier molecular flexibility index (Phi) is 7.34. The van der Waals surface area contributed by atoms with Gasteiger partial charge in [0.05, 0.1) is 18.4 Å². The first-order valence-corrected chi connectivity index (χ1v) is 10.0. The number of benzene rings is 2. The molecule has 0 spiro atoms. The summed E-state index contributed by atoms with van der Waals surface area (Å²) in [6, 6.07) is 12.2. The third kappa shape index (κ3) is 6.36. The third-order valence-electron chi connectivity index (χ3n) is 4.65. The Bertz CT molecular complexity index is 1230. The van der Waals surface area contributed by atoms with Crippen molar-refractivity contribution in [1.82, 2.24) is 15.1 Å². The lowest BCUT2D eigenvalue weighted by molar-refractivity contribution is -0.116. The van der Waals surface area contributed by atoms with E-state index in [1.54, 1.807) is 44.3 Å². The number of carbonyl (C=O) groups excluding carboxylic acids is 3. The number of nitrogens with one attached hydrogen (secondary N) is 2. The molecule has 3 rings (SSSR count). The average molecular weight is 450 g/mol. The first-order chi connectivity index (χ1) is 15.7. The molecule has 0 unspecified atom stereocenters. The summed E-state index contributed by atoms with van der Waals surface area (Å²) < 4.78 is 19.5. The number of amides is 2. The van der Waals surface area contributed by atoms with Crippen LogP contribution in [0.4, 0.5) is 10.1 Å². The van der Waals surface area contributed by atoms with Crippen molar-refractivity contribution in [3.8, 4) is 0 Å². The molecule has 33 heavy (non-hydrogen) atoms. The Morgan fingerprint density at radius 2 is 1.94 bits per heavy atom. The Labute approximate surface area is 190 Å². The second-order valence-corrected chi connectivity index (χ2v) is 7.27. The maximum absolute atomic E-state index is 13.2. The largest absolute Gasteiger partial charge is 0.465 e. The number of carbonyl (C=O) groups is 3. The number of aromatic nitrogens is 2. The summed E-state index contributed by atoms with van der Waals surface area (Å²) in [6.45, 7) is 1.86. The van der Waals surface area contributed by atoms with E-state index in [2.05, 4.69) is 15.7 Å². The maximum Gasteiger partial charge on any atom is 0.337 e. The van der Waals surface area contributed by atoms with Gasteiger partial charge in [-0.1, -0.05) is 12.1 Å². The molecular weight excluding hydrogens is 427 g/mol. The van der Waals surface area contributed by atoms with Crippen molar-refractivity contribution < 1.29 is 23.5 Å². The van der Waals surface area contributed by atoms with Crippen molar-refractivity contribution in [2.45, 2.75) is 13.5 Å². The lowest BCUT2D eigenvalue weighted by Crippen LogP contribution is -2.21.